The van der Waals surface area contributed by atoms with Crippen molar-refractivity contribution in [2.75, 3.05) is 20.3 Å². The van der Waals surface area contributed by atoms with Crippen LogP contribution in [-0.4, -0.2) is 31.3 Å². The monoisotopic (exact) mass is 269 g/mol. The van der Waals surface area contributed by atoms with Crippen molar-refractivity contribution in [2.45, 2.75) is 25.8 Å². The number of carboxylic acids is 1. The molecule has 0 aliphatic heterocycles. The fourth-order valence-corrected chi connectivity index (χ4v) is 2.87. The first-order valence-electron chi connectivity index (χ1n) is 6.17. The fraction of sp³-hybridized carbons (Fsp3) is 0.615. The summed E-state index contributed by atoms with van der Waals surface area (Å²) in [4.78, 5) is 12.2. The maximum atomic E-state index is 10.8. The minimum Gasteiger partial charge on any atom is -0.477 e. The van der Waals surface area contributed by atoms with Crippen LogP contribution in [0.25, 0.3) is 0 Å². The summed E-state index contributed by atoms with van der Waals surface area (Å²) in [6.45, 7) is 2.58. The number of carboxylic acid groups (broad SMARTS) is 1. The molecule has 1 aromatic heterocycles. The van der Waals surface area contributed by atoms with E-state index in [9.17, 15) is 4.79 Å². The third-order valence-corrected chi connectivity index (χ3v) is 4.54. The van der Waals surface area contributed by atoms with Crippen molar-refractivity contribution in [3.63, 3.8) is 0 Å². The average molecular weight is 269 g/mol. The van der Waals surface area contributed by atoms with Gasteiger partial charge in [-0.2, -0.15) is 0 Å². The van der Waals surface area contributed by atoms with Crippen molar-refractivity contribution in [2.24, 2.45) is 5.41 Å². The molecule has 0 atom stereocenters. The number of methoxy groups -OCH3 is 1. The number of thiophene rings is 1. The number of nitrogens with one attached hydrogen (secondary N) is 1. The van der Waals surface area contributed by atoms with E-state index >= 15 is 0 Å². The van der Waals surface area contributed by atoms with Gasteiger partial charge in [-0.25, -0.2) is 4.79 Å². The summed E-state index contributed by atoms with van der Waals surface area (Å²) in [5, 5.41) is 12.3. The summed E-state index contributed by atoms with van der Waals surface area (Å²) in [7, 11) is 1.74. The van der Waals surface area contributed by atoms with Crippen molar-refractivity contribution < 1.29 is 14.6 Å². The van der Waals surface area contributed by atoms with E-state index in [2.05, 4.69) is 5.32 Å². The molecule has 2 N–H and O–H groups in total. The molecule has 100 valence electrons. The van der Waals surface area contributed by atoms with Crippen LogP contribution in [0.4, 0.5) is 0 Å². The predicted molar refractivity (Wildman–Crippen MR) is 71.1 cm³/mol. The second-order valence-corrected chi connectivity index (χ2v) is 6.09. The molecule has 4 nitrogen and oxygen atoms in total. The molecule has 1 aromatic rings. The second kappa shape index (κ2) is 5.82. The Kier molecular flexibility index (Phi) is 4.37. The highest BCUT2D eigenvalue weighted by atomic mass is 32.1. The van der Waals surface area contributed by atoms with Gasteiger partial charge in [0.25, 0.3) is 0 Å². The van der Waals surface area contributed by atoms with Gasteiger partial charge in [0.15, 0.2) is 0 Å². The Labute approximate surface area is 111 Å². The van der Waals surface area contributed by atoms with Gasteiger partial charge in [0.2, 0.25) is 0 Å². The maximum absolute atomic E-state index is 10.8. The number of rotatable bonds is 8. The first-order valence-corrected chi connectivity index (χ1v) is 6.98. The number of ether oxygens (including phenoxy) is 1. The molecule has 1 aliphatic rings. The van der Waals surface area contributed by atoms with Crippen LogP contribution in [0.1, 0.15) is 33.8 Å². The minimum absolute atomic E-state index is 0.410. The standard InChI is InChI=1S/C13H19NO3S/c1-17-7-6-13(4-5-13)9-14-8-10-2-3-11(18-10)12(15)16/h2-3,14H,4-9H2,1H3,(H,15,16). The molecule has 5 heteroatoms. The van der Waals surface area contributed by atoms with Gasteiger partial charge >= 0.3 is 5.97 Å². The molecule has 1 heterocycles. The summed E-state index contributed by atoms with van der Waals surface area (Å²) in [5.74, 6) is -0.843. The van der Waals surface area contributed by atoms with E-state index in [1.165, 1.54) is 24.2 Å². The molecule has 1 fully saturated rings. The molecule has 2 rings (SSSR count). The SMILES string of the molecule is COCCC1(CNCc2ccc(C(=O)O)s2)CC1. The summed E-state index contributed by atoms with van der Waals surface area (Å²) < 4.78 is 5.12. The Morgan fingerprint density at radius 1 is 1.56 bits per heavy atom. The van der Waals surface area contributed by atoms with E-state index in [4.69, 9.17) is 9.84 Å². The van der Waals surface area contributed by atoms with E-state index < -0.39 is 5.97 Å². The molecule has 0 amide bonds. The molecular weight excluding hydrogens is 250 g/mol. The first-order chi connectivity index (χ1) is 8.65. The topological polar surface area (TPSA) is 58.6 Å². The second-order valence-electron chi connectivity index (χ2n) is 4.92. The predicted octanol–water partition coefficient (Wildman–Crippen LogP) is 2.35. The zero-order chi connectivity index (χ0) is 13.0. The molecule has 0 unspecified atom stereocenters. The lowest BCUT2D eigenvalue weighted by Crippen LogP contribution is -2.24. The molecule has 0 bridgehead atoms. The van der Waals surface area contributed by atoms with E-state index in [0.717, 1.165) is 31.0 Å². The van der Waals surface area contributed by atoms with Crippen molar-refractivity contribution in [3.05, 3.63) is 21.9 Å². The quantitative estimate of drug-likeness (QED) is 0.760. The highest BCUT2D eigenvalue weighted by Gasteiger charge is 2.41. The molecule has 0 radical (unpaired) electrons. The Bertz CT molecular complexity index is 412. The summed E-state index contributed by atoms with van der Waals surface area (Å²) in [6, 6.07) is 3.55. The van der Waals surface area contributed by atoms with Crippen molar-refractivity contribution >= 4 is 17.3 Å². The van der Waals surface area contributed by atoms with Crippen LogP contribution >= 0.6 is 11.3 Å². The van der Waals surface area contributed by atoms with E-state index in [-0.39, 0.29) is 0 Å². The number of aromatic carboxylic acids is 1. The molecule has 18 heavy (non-hydrogen) atoms. The zero-order valence-electron chi connectivity index (χ0n) is 10.6. The van der Waals surface area contributed by atoms with Crippen LogP contribution < -0.4 is 5.32 Å². The molecule has 0 aromatic carbocycles. The third kappa shape index (κ3) is 3.54. The van der Waals surface area contributed by atoms with Crippen molar-refractivity contribution in [1.29, 1.82) is 0 Å². The van der Waals surface area contributed by atoms with Crippen LogP contribution in [-0.2, 0) is 11.3 Å². The van der Waals surface area contributed by atoms with Gasteiger partial charge in [-0.3, -0.25) is 0 Å². The molecule has 0 spiro atoms. The molecule has 1 aliphatic carbocycles. The molecular formula is C13H19NO3S. The van der Waals surface area contributed by atoms with Gasteiger partial charge in [-0.15, -0.1) is 11.3 Å². The lowest BCUT2D eigenvalue weighted by molar-refractivity contribution is 0.0702. The van der Waals surface area contributed by atoms with Gasteiger partial charge in [0, 0.05) is 31.7 Å². The van der Waals surface area contributed by atoms with Gasteiger partial charge in [-0.1, -0.05) is 0 Å². The fourth-order valence-electron chi connectivity index (χ4n) is 2.05. The van der Waals surface area contributed by atoms with Crippen molar-refractivity contribution in [1.82, 2.24) is 5.32 Å². The van der Waals surface area contributed by atoms with Crippen LogP contribution in [0.5, 0.6) is 0 Å². The normalized spacial score (nSPS) is 16.7. The minimum atomic E-state index is -0.843. The van der Waals surface area contributed by atoms with Crippen molar-refractivity contribution in [3.8, 4) is 0 Å². The van der Waals surface area contributed by atoms with Gasteiger partial charge < -0.3 is 15.2 Å². The Balaban J connectivity index is 1.73. The molecule has 1 saturated carbocycles. The highest BCUT2D eigenvalue weighted by molar-refractivity contribution is 7.13. The van der Waals surface area contributed by atoms with Crippen LogP contribution in [0.3, 0.4) is 0 Å². The Morgan fingerprint density at radius 2 is 2.33 bits per heavy atom. The maximum Gasteiger partial charge on any atom is 0.345 e. The lowest BCUT2D eigenvalue weighted by Gasteiger charge is -2.14. The van der Waals surface area contributed by atoms with Gasteiger partial charge in [-0.05, 0) is 36.8 Å². The van der Waals surface area contributed by atoms with Gasteiger partial charge in [0.1, 0.15) is 4.88 Å². The van der Waals surface area contributed by atoms with Gasteiger partial charge in [0.05, 0.1) is 0 Å². The highest BCUT2D eigenvalue weighted by Crippen LogP contribution is 2.48. The smallest absolute Gasteiger partial charge is 0.345 e. The zero-order valence-corrected chi connectivity index (χ0v) is 11.4. The van der Waals surface area contributed by atoms with E-state index in [1.807, 2.05) is 6.07 Å². The summed E-state index contributed by atoms with van der Waals surface area (Å²) in [6.07, 6.45) is 3.66. The van der Waals surface area contributed by atoms with Crippen LogP contribution in [0.15, 0.2) is 12.1 Å². The first kappa shape index (κ1) is 13.5. The molecule has 0 saturated heterocycles. The Hall–Kier alpha value is -0.910. The lowest BCUT2D eigenvalue weighted by atomic mass is 10.0. The number of carbonyl (C=O) groups is 1. The Morgan fingerprint density at radius 3 is 2.89 bits per heavy atom. The summed E-state index contributed by atoms with van der Waals surface area (Å²) >= 11 is 1.34. The van der Waals surface area contributed by atoms with E-state index in [0.29, 0.717) is 10.3 Å². The number of hydrogen-bond donors (Lipinski definition) is 2. The largest absolute Gasteiger partial charge is 0.477 e. The van der Waals surface area contributed by atoms with Crippen LogP contribution in [0.2, 0.25) is 0 Å². The number of hydrogen-bond acceptors (Lipinski definition) is 4. The average Bonchev–Trinajstić information content (AvgIpc) is 2.94. The summed E-state index contributed by atoms with van der Waals surface area (Å²) in [5.41, 5.74) is 0.433. The van der Waals surface area contributed by atoms with E-state index in [1.54, 1.807) is 13.2 Å². The van der Waals surface area contributed by atoms with Crippen LogP contribution in [0, 0.1) is 5.41 Å². The third-order valence-electron chi connectivity index (χ3n) is 3.47.